The highest BCUT2D eigenvalue weighted by Crippen LogP contribution is 2.40. The van der Waals surface area contributed by atoms with Crippen LogP contribution in [0.5, 0.6) is 0 Å². The van der Waals surface area contributed by atoms with Crippen LogP contribution in [0.3, 0.4) is 0 Å². The molecule has 5 heterocycles. The Kier molecular flexibility index (Phi) is 7.77. The number of carboxylic acids is 1. The third-order valence-corrected chi connectivity index (χ3v) is 8.34. The number of imidazole rings is 1. The summed E-state index contributed by atoms with van der Waals surface area (Å²) >= 11 is 3.50. The van der Waals surface area contributed by atoms with Gasteiger partial charge in [0.2, 0.25) is 11.5 Å². The number of hydrogen-bond donors (Lipinski definition) is 2. The van der Waals surface area contributed by atoms with E-state index in [2.05, 4.69) is 24.9 Å². The summed E-state index contributed by atoms with van der Waals surface area (Å²) in [5.41, 5.74) is 6.49. The van der Waals surface area contributed by atoms with Gasteiger partial charge >= 0.3 is 5.65 Å². The minimum absolute atomic E-state index is 0.0416. The van der Waals surface area contributed by atoms with Crippen molar-refractivity contribution in [1.29, 1.82) is 0 Å². The van der Waals surface area contributed by atoms with Gasteiger partial charge in [0.1, 0.15) is 28.7 Å². The smallest absolute Gasteiger partial charge is 0.306 e. The van der Waals surface area contributed by atoms with Crippen LogP contribution in [0.2, 0.25) is 0 Å². The van der Waals surface area contributed by atoms with Crippen LogP contribution in [0.15, 0.2) is 57.5 Å². The van der Waals surface area contributed by atoms with Crippen LogP contribution < -0.4 is 20.7 Å². The fraction of sp³-hybridized carbons (Fsp3) is 0.304. The molecule has 2 aliphatic heterocycles. The van der Waals surface area contributed by atoms with E-state index in [1.165, 1.54) is 23.5 Å². The van der Waals surface area contributed by atoms with E-state index in [1.807, 2.05) is 36.1 Å². The van der Waals surface area contributed by atoms with Crippen molar-refractivity contribution in [3.63, 3.8) is 0 Å². The molecule has 40 heavy (non-hydrogen) atoms. The van der Waals surface area contributed by atoms with Gasteiger partial charge in [-0.1, -0.05) is 22.0 Å². The van der Waals surface area contributed by atoms with Crippen molar-refractivity contribution >= 4 is 69.3 Å². The molecule has 0 aromatic carbocycles. The lowest BCUT2D eigenvalue weighted by molar-refractivity contribution is -0.644. The number of β-lactam (4-membered cyclic amide) rings is 1. The summed E-state index contributed by atoms with van der Waals surface area (Å²) in [7, 11) is 1.92. The van der Waals surface area contributed by atoms with Crippen LogP contribution in [0.25, 0.3) is 5.65 Å². The Labute approximate surface area is 240 Å². The van der Waals surface area contributed by atoms with Crippen molar-refractivity contribution in [2.45, 2.75) is 36.4 Å². The molecule has 3 aromatic rings. The SMILES string of the molecule is CC(C)O/N=C(\C(=O)N[C@@H]1C(=O)N2C(C(=O)[O-])=C(/C=C/Sc3ccc4n(cc[n+]4C)n3)CS[C@H]12)c1nsc(N)n1. The van der Waals surface area contributed by atoms with Crippen LogP contribution in [0.4, 0.5) is 5.13 Å². The lowest BCUT2D eigenvalue weighted by Crippen LogP contribution is -2.71. The summed E-state index contributed by atoms with van der Waals surface area (Å²) < 4.78 is 7.67. The van der Waals surface area contributed by atoms with E-state index in [0.717, 1.165) is 22.1 Å². The van der Waals surface area contributed by atoms with Gasteiger partial charge < -0.3 is 25.8 Å². The molecule has 17 heteroatoms. The molecule has 2 amide bonds. The molecule has 0 radical (unpaired) electrons. The second-order valence-electron chi connectivity index (χ2n) is 8.88. The number of fused-ring (bicyclic) bond motifs is 2. The number of rotatable bonds is 9. The topological polar surface area (TPSA) is 184 Å². The number of nitrogens with two attached hydrogens (primary N) is 1. The van der Waals surface area contributed by atoms with Crippen molar-refractivity contribution in [1.82, 2.24) is 29.2 Å². The zero-order valence-corrected chi connectivity index (χ0v) is 23.8. The predicted molar refractivity (Wildman–Crippen MR) is 146 cm³/mol. The quantitative estimate of drug-likeness (QED) is 0.105. The molecule has 3 aromatic heterocycles. The maximum Gasteiger partial charge on any atom is 0.306 e. The summed E-state index contributed by atoms with van der Waals surface area (Å²) in [4.78, 5) is 48.5. The molecule has 0 spiro atoms. The maximum absolute atomic E-state index is 13.1. The third kappa shape index (κ3) is 5.39. The van der Waals surface area contributed by atoms with E-state index < -0.39 is 29.2 Å². The van der Waals surface area contributed by atoms with Crippen LogP contribution in [-0.4, -0.2) is 70.6 Å². The molecule has 0 aliphatic carbocycles. The van der Waals surface area contributed by atoms with Gasteiger partial charge in [-0.15, -0.1) is 16.3 Å². The van der Waals surface area contributed by atoms with Crippen LogP contribution in [0.1, 0.15) is 19.7 Å². The average molecular weight is 602 g/mol. The van der Waals surface area contributed by atoms with Gasteiger partial charge in [-0.3, -0.25) is 14.5 Å². The number of oxime groups is 1. The molecule has 0 unspecified atom stereocenters. The molecule has 3 N–H and O–H groups in total. The molecule has 0 saturated carbocycles. The first-order valence-corrected chi connectivity index (χ1v) is 14.5. The minimum atomic E-state index is -1.48. The first-order chi connectivity index (χ1) is 19.1. The van der Waals surface area contributed by atoms with Crippen LogP contribution >= 0.6 is 35.1 Å². The van der Waals surface area contributed by atoms with Gasteiger partial charge in [-0.2, -0.15) is 9.36 Å². The molecule has 2 aliphatic rings. The van der Waals surface area contributed by atoms with E-state index in [9.17, 15) is 19.5 Å². The van der Waals surface area contributed by atoms with Gasteiger partial charge in [0.25, 0.3) is 11.8 Å². The van der Waals surface area contributed by atoms with Crippen molar-refractivity contribution in [2.75, 3.05) is 11.5 Å². The number of anilines is 1. The molecule has 2 atom stereocenters. The van der Waals surface area contributed by atoms with Gasteiger partial charge in [-0.05, 0) is 37.0 Å². The number of carbonyl (C=O) groups is 3. The van der Waals surface area contributed by atoms with Crippen LogP contribution in [0, 0.1) is 0 Å². The van der Waals surface area contributed by atoms with Gasteiger partial charge in [0.05, 0.1) is 18.7 Å². The Bertz CT molecular complexity index is 1600. The Morgan fingerprint density at radius 1 is 1.40 bits per heavy atom. The number of hydrogen-bond acceptors (Lipinski definition) is 13. The molecular weight excluding hydrogens is 579 g/mol. The van der Waals surface area contributed by atoms with Gasteiger partial charge in [0.15, 0.2) is 11.3 Å². The van der Waals surface area contributed by atoms with E-state index in [4.69, 9.17) is 10.6 Å². The summed E-state index contributed by atoms with van der Waals surface area (Å²) in [5, 5.41) is 24.9. The number of nitrogen functional groups attached to an aromatic ring is 1. The number of thioether (sulfide) groups is 2. The van der Waals surface area contributed by atoms with Crippen LogP contribution in [-0.2, 0) is 26.3 Å². The number of carboxylic acid groups (broad SMARTS) is 1. The Morgan fingerprint density at radius 3 is 2.90 bits per heavy atom. The molecule has 5 rings (SSSR count). The zero-order valence-electron chi connectivity index (χ0n) is 21.4. The first-order valence-electron chi connectivity index (χ1n) is 11.8. The number of aromatic nitrogens is 5. The summed E-state index contributed by atoms with van der Waals surface area (Å²) in [5.74, 6) is -2.59. The largest absolute Gasteiger partial charge is 0.543 e. The summed E-state index contributed by atoms with van der Waals surface area (Å²) in [6.45, 7) is 3.45. The normalized spacial score (nSPS) is 19.4. The highest BCUT2D eigenvalue weighted by molar-refractivity contribution is 8.02. The summed E-state index contributed by atoms with van der Waals surface area (Å²) in [6.07, 6.45) is 5.02. The predicted octanol–water partition coefficient (Wildman–Crippen LogP) is -0.568. The lowest BCUT2D eigenvalue weighted by atomic mass is 10.0. The van der Waals surface area contributed by atoms with Gasteiger partial charge in [0, 0.05) is 23.4 Å². The van der Waals surface area contributed by atoms with Crippen molar-refractivity contribution in [3.8, 4) is 0 Å². The fourth-order valence-corrected chi connectivity index (χ4v) is 6.34. The van der Waals surface area contributed by atoms with E-state index >= 15 is 0 Å². The number of aryl methyl sites for hydroxylation is 1. The number of carbonyl (C=O) groups excluding carboxylic acids is 3. The molecule has 1 saturated heterocycles. The number of aliphatic carboxylic acids is 1. The standard InChI is InChI=1S/C23H23N9O5S3/c1-11(2)37-28-15(18-26-23(24)40-29-18)19(33)25-16-20(34)32-17(22(35)36)12(10-39-21(16)32)6-9-38-13-4-5-14-30(3)7-8-31(14)27-13/h4-9,11,16,21H,10H2,1-3H3,(H3-,24,25,26,29,33,35,36)/b9-6+,28-15-/t16-,21-/m1/s1. The Balaban J connectivity index is 1.30. The number of nitrogens with one attached hydrogen (secondary N) is 1. The Morgan fingerprint density at radius 2 is 2.20 bits per heavy atom. The highest BCUT2D eigenvalue weighted by atomic mass is 32.2. The zero-order chi connectivity index (χ0) is 28.6. The maximum atomic E-state index is 13.1. The van der Waals surface area contributed by atoms with E-state index in [-0.39, 0.29) is 34.2 Å². The average Bonchev–Trinajstić information content (AvgIpc) is 3.51. The summed E-state index contributed by atoms with van der Waals surface area (Å²) in [6, 6.07) is 2.79. The molecule has 0 bridgehead atoms. The molecule has 208 valence electrons. The number of amides is 2. The van der Waals surface area contributed by atoms with E-state index in [1.54, 1.807) is 29.8 Å². The lowest BCUT2D eigenvalue weighted by Gasteiger charge is -2.50. The highest BCUT2D eigenvalue weighted by Gasteiger charge is 2.53. The fourth-order valence-electron chi connectivity index (χ4n) is 3.93. The van der Waals surface area contributed by atoms with Crippen molar-refractivity contribution < 1.29 is 28.9 Å². The number of nitrogens with zero attached hydrogens (tertiary/aromatic N) is 7. The number of allylic oxidation sites excluding steroid dienone is 1. The van der Waals surface area contributed by atoms with E-state index in [0.29, 0.717) is 10.6 Å². The van der Waals surface area contributed by atoms with Crippen molar-refractivity contribution in [2.24, 2.45) is 12.2 Å². The molecule has 14 nitrogen and oxygen atoms in total. The third-order valence-electron chi connectivity index (χ3n) is 5.77. The van der Waals surface area contributed by atoms with Crippen molar-refractivity contribution in [3.05, 3.63) is 53.1 Å². The molecular formula is C23H23N9O5S3. The first kappa shape index (κ1) is 27.6. The second-order valence-corrected chi connectivity index (χ2v) is 11.7. The monoisotopic (exact) mass is 601 g/mol. The van der Waals surface area contributed by atoms with Gasteiger partial charge in [-0.25, -0.2) is 4.57 Å². The molecule has 1 fully saturated rings. The minimum Gasteiger partial charge on any atom is -0.543 e. The Hall–Kier alpha value is -3.96. The second kappa shape index (κ2) is 11.3.